The van der Waals surface area contributed by atoms with E-state index < -0.39 is 0 Å². The second kappa shape index (κ2) is 9.60. The van der Waals surface area contributed by atoms with Gasteiger partial charge in [-0.15, -0.1) is 11.8 Å². The van der Waals surface area contributed by atoms with Gasteiger partial charge < -0.3 is 10.6 Å². The highest BCUT2D eigenvalue weighted by molar-refractivity contribution is 7.98. The van der Waals surface area contributed by atoms with Crippen molar-refractivity contribution in [3.63, 3.8) is 0 Å². The fraction of sp³-hybridized carbons (Fsp3) is 0.130. The molecule has 0 unspecified atom stereocenters. The van der Waals surface area contributed by atoms with Gasteiger partial charge in [0.25, 0.3) is 0 Å². The van der Waals surface area contributed by atoms with E-state index in [-0.39, 0.29) is 5.91 Å². The Labute approximate surface area is 179 Å². The van der Waals surface area contributed by atoms with Crippen LogP contribution in [-0.2, 0) is 10.5 Å². The Kier molecular flexibility index (Phi) is 6.69. The van der Waals surface area contributed by atoms with E-state index in [1.807, 2.05) is 30.3 Å². The molecule has 0 fully saturated rings. The van der Waals surface area contributed by atoms with Crippen LogP contribution in [0.1, 0.15) is 23.6 Å². The number of nitriles is 2. The monoisotopic (exact) mass is 413 g/mol. The maximum Gasteiger partial charge on any atom is 0.221 e. The van der Waals surface area contributed by atoms with Gasteiger partial charge in [0, 0.05) is 31.0 Å². The summed E-state index contributed by atoms with van der Waals surface area (Å²) in [6.45, 7) is 1.44. The molecule has 148 valence electrons. The van der Waals surface area contributed by atoms with E-state index in [1.165, 1.54) is 18.7 Å². The molecule has 0 aliphatic heterocycles. The minimum absolute atomic E-state index is 0.167. The number of carbonyl (C=O) groups is 1. The Balaban J connectivity index is 2.09. The molecule has 1 amide bonds. The van der Waals surface area contributed by atoms with Crippen molar-refractivity contribution in [3.8, 4) is 23.3 Å². The van der Waals surface area contributed by atoms with Crippen molar-refractivity contribution >= 4 is 29.2 Å². The minimum atomic E-state index is -0.167. The van der Waals surface area contributed by atoms with Crippen molar-refractivity contribution in [2.24, 2.45) is 0 Å². The van der Waals surface area contributed by atoms with E-state index in [1.54, 1.807) is 31.3 Å². The van der Waals surface area contributed by atoms with Crippen LogP contribution in [0, 0.1) is 22.7 Å². The van der Waals surface area contributed by atoms with Crippen LogP contribution in [0.3, 0.4) is 0 Å². The molecule has 1 aromatic heterocycles. The summed E-state index contributed by atoms with van der Waals surface area (Å²) in [6.07, 6.45) is 0. The van der Waals surface area contributed by atoms with Crippen molar-refractivity contribution in [1.82, 2.24) is 4.98 Å². The average molecular weight is 414 g/mol. The summed E-state index contributed by atoms with van der Waals surface area (Å²) in [6, 6.07) is 21.4. The van der Waals surface area contributed by atoms with Crippen molar-refractivity contribution in [3.05, 3.63) is 71.3 Å². The lowest BCUT2D eigenvalue weighted by Crippen LogP contribution is -2.06. The number of nitrogens with one attached hydrogen (secondary N) is 2. The Hall–Kier alpha value is -3.81. The Bertz CT molecular complexity index is 1150. The van der Waals surface area contributed by atoms with E-state index in [2.05, 4.69) is 27.8 Å². The van der Waals surface area contributed by atoms with Gasteiger partial charge in [-0.05, 0) is 23.3 Å². The Morgan fingerprint density at radius 2 is 1.70 bits per heavy atom. The van der Waals surface area contributed by atoms with Gasteiger partial charge in [-0.25, -0.2) is 4.98 Å². The number of anilines is 2. The number of aromatic nitrogens is 1. The van der Waals surface area contributed by atoms with E-state index in [0.717, 1.165) is 5.56 Å². The van der Waals surface area contributed by atoms with Crippen LogP contribution < -0.4 is 10.6 Å². The molecular weight excluding hydrogens is 394 g/mol. The number of benzene rings is 2. The van der Waals surface area contributed by atoms with E-state index in [9.17, 15) is 15.3 Å². The summed E-state index contributed by atoms with van der Waals surface area (Å²) in [4.78, 5) is 15.8. The van der Waals surface area contributed by atoms with Gasteiger partial charge in [-0.2, -0.15) is 10.5 Å². The van der Waals surface area contributed by atoms with Crippen molar-refractivity contribution in [2.75, 3.05) is 17.7 Å². The molecular formula is C23H19N5OS. The molecule has 0 spiro atoms. The second-order valence-corrected chi connectivity index (χ2v) is 7.36. The largest absolute Gasteiger partial charge is 0.372 e. The van der Waals surface area contributed by atoms with Crippen LogP contribution in [0.4, 0.5) is 11.5 Å². The topological polar surface area (TPSA) is 102 Å². The zero-order valence-electron chi connectivity index (χ0n) is 16.6. The van der Waals surface area contributed by atoms with Crippen LogP contribution in [0.2, 0.25) is 0 Å². The number of carbonyl (C=O) groups excluding carboxylic acids is 1. The molecule has 0 saturated carbocycles. The van der Waals surface area contributed by atoms with E-state index >= 15 is 0 Å². The fourth-order valence-electron chi connectivity index (χ4n) is 3.00. The summed E-state index contributed by atoms with van der Waals surface area (Å²) in [7, 11) is 1.70. The van der Waals surface area contributed by atoms with E-state index in [0.29, 0.717) is 44.5 Å². The number of rotatable bonds is 6. The smallest absolute Gasteiger partial charge is 0.221 e. The summed E-state index contributed by atoms with van der Waals surface area (Å²) in [5.41, 5.74) is 3.67. The lowest BCUT2D eigenvalue weighted by atomic mass is 9.96. The molecule has 6 nitrogen and oxygen atoms in total. The molecule has 1 heterocycles. The summed E-state index contributed by atoms with van der Waals surface area (Å²) in [5.74, 6) is 0.908. The number of nitrogens with zero attached hydrogens (tertiary/aromatic N) is 3. The SMILES string of the molecule is CNc1nc(SCc2ccccc2)c(C#N)c(-c2ccc(NC(C)=O)cc2)c1C#N. The van der Waals surface area contributed by atoms with Crippen LogP contribution in [0.5, 0.6) is 0 Å². The van der Waals surface area contributed by atoms with E-state index in [4.69, 9.17) is 0 Å². The zero-order chi connectivity index (χ0) is 21.5. The van der Waals surface area contributed by atoms with Gasteiger partial charge in [0.05, 0.1) is 5.56 Å². The summed E-state index contributed by atoms with van der Waals surface area (Å²) in [5, 5.41) is 26.0. The van der Waals surface area contributed by atoms with Crippen molar-refractivity contribution < 1.29 is 4.79 Å². The molecule has 2 aromatic carbocycles. The van der Waals surface area contributed by atoms with Crippen LogP contribution in [0.15, 0.2) is 59.6 Å². The molecule has 7 heteroatoms. The number of hydrogen-bond acceptors (Lipinski definition) is 6. The maximum absolute atomic E-state index is 11.3. The third-order valence-electron chi connectivity index (χ3n) is 4.34. The highest BCUT2D eigenvalue weighted by Crippen LogP contribution is 2.37. The summed E-state index contributed by atoms with van der Waals surface area (Å²) >= 11 is 1.45. The molecule has 3 aromatic rings. The number of amides is 1. The van der Waals surface area contributed by atoms with Crippen molar-refractivity contribution in [1.29, 1.82) is 10.5 Å². The second-order valence-electron chi connectivity index (χ2n) is 6.40. The average Bonchev–Trinajstić information content (AvgIpc) is 2.77. The van der Waals surface area contributed by atoms with Gasteiger partial charge in [0.15, 0.2) is 0 Å². The molecule has 0 bridgehead atoms. The third kappa shape index (κ3) is 4.60. The molecule has 0 atom stereocenters. The first-order valence-electron chi connectivity index (χ1n) is 9.18. The highest BCUT2D eigenvalue weighted by Gasteiger charge is 2.21. The standard InChI is InChI=1S/C23H19N5OS/c1-15(29)27-18-10-8-17(9-11-18)21-19(12-24)22(26-2)28-23(20(21)13-25)30-14-16-6-4-3-5-7-16/h3-11H,14H2,1-2H3,(H,26,28)(H,27,29). The van der Waals surface area contributed by atoms with Gasteiger partial charge in [-0.1, -0.05) is 42.5 Å². The zero-order valence-corrected chi connectivity index (χ0v) is 17.4. The molecule has 3 rings (SSSR count). The highest BCUT2D eigenvalue weighted by atomic mass is 32.2. The van der Waals surface area contributed by atoms with Crippen LogP contribution >= 0.6 is 11.8 Å². The van der Waals surface area contributed by atoms with Crippen molar-refractivity contribution in [2.45, 2.75) is 17.7 Å². The molecule has 30 heavy (non-hydrogen) atoms. The first kappa shape index (κ1) is 20.9. The first-order chi connectivity index (χ1) is 14.6. The minimum Gasteiger partial charge on any atom is -0.372 e. The first-order valence-corrected chi connectivity index (χ1v) is 10.2. The van der Waals surface area contributed by atoms with Gasteiger partial charge in [0.2, 0.25) is 5.91 Å². The number of thioether (sulfide) groups is 1. The third-order valence-corrected chi connectivity index (χ3v) is 5.38. The maximum atomic E-state index is 11.3. The molecule has 2 N–H and O–H groups in total. The van der Waals surface area contributed by atoms with Crippen LogP contribution in [0.25, 0.3) is 11.1 Å². The molecule has 0 radical (unpaired) electrons. The normalized spacial score (nSPS) is 10.0. The molecule has 0 aliphatic rings. The molecule has 0 aliphatic carbocycles. The van der Waals surface area contributed by atoms with Gasteiger partial charge >= 0.3 is 0 Å². The van der Waals surface area contributed by atoms with Gasteiger partial charge in [0.1, 0.15) is 28.5 Å². The Morgan fingerprint density at radius 1 is 1.03 bits per heavy atom. The predicted octanol–water partition coefficient (Wildman–Crippen LogP) is 4.78. The predicted molar refractivity (Wildman–Crippen MR) is 119 cm³/mol. The lowest BCUT2D eigenvalue weighted by Gasteiger charge is -2.15. The number of pyridine rings is 1. The van der Waals surface area contributed by atoms with Gasteiger partial charge in [-0.3, -0.25) is 4.79 Å². The Morgan fingerprint density at radius 3 is 2.27 bits per heavy atom. The molecule has 0 saturated heterocycles. The lowest BCUT2D eigenvalue weighted by molar-refractivity contribution is -0.114. The summed E-state index contributed by atoms with van der Waals surface area (Å²) < 4.78 is 0. The quantitative estimate of drug-likeness (QED) is 0.564. The van der Waals surface area contributed by atoms with Crippen LogP contribution in [-0.4, -0.2) is 17.9 Å². The fourth-order valence-corrected chi connectivity index (χ4v) is 3.94. The number of hydrogen-bond donors (Lipinski definition) is 2.